The van der Waals surface area contributed by atoms with Crippen LogP contribution < -0.4 is 9.62 Å². The zero-order valence-electron chi connectivity index (χ0n) is 16.4. The largest absolute Gasteiger partial charge is 0.324 e. The van der Waals surface area contributed by atoms with Crippen molar-refractivity contribution in [3.8, 4) is 0 Å². The molecule has 1 N–H and O–H groups in total. The summed E-state index contributed by atoms with van der Waals surface area (Å²) in [5.41, 5.74) is 2.37. The Morgan fingerprint density at radius 3 is 2.23 bits per heavy atom. The molecule has 0 saturated carbocycles. The summed E-state index contributed by atoms with van der Waals surface area (Å²) in [6.45, 7) is 3.18. The molecule has 0 unspecified atom stereocenters. The lowest BCUT2D eigenvalue weighted by atomic mass is 10.2. The van der Waals surface area contributed by atoms with Crippen LogP contribution in [0.4, 0.5) is 15.8 Å². The zero-order chi connectivity index (χ0) is 21.9. The fraction of sp³-hybridized carbons (Fsp3) is 0.136. The molecule has 3 rings (SSSR count). The Morgan fingerprint density at radius 2 is 1.63 bits per heavy atom. The SMILES string of the molecule is Cc1ccc(S(=O)(=O)N(CC(=O)Nc2ccc(C)c(Cl)c2)c2ccc(F)cc2)cc1. The van der Waals surface area contributed by atoms with Gasteiger partial charge in [-0.15, -0.1) is 0 Å². The molecule has 30 heavy (non-hydrogen) atoms. The van der Waals surface area contributed by atoms with E-state index >= 15 is 0 Å². The van der Waals surface area contributed by atoms with Crippen LogP contribution in [0, 0.1) is 19.7 Å². The smallest absolute Gasteiger partial charge is 0.264 e. The number of hydrogen-bond donors (Lipinski definition) is 1. The predicted octanol–water partition coefficient (Wildman–Crippen LogP) is 4.93. The number of sulfonamides is 1. The molecule has 0 atom stereocenters. The van der Waals surface area contributed by atoms with Gasteiger partial charge in [-0.2, -0.15) is 0 Å². The van der Waals surface area contributed by atoms with Gasteiger partial charge in [0.15, 0.2) is 0 Å². The average molecular weight is 447 g/mol. The quantitative estimate of drug-likeness (QED) is 0.583. The van der Waals surface area contributed by atoms with Gasteiger partial charge in [0.05, 0.1) is 10.6 Å². The number of carbonyl (C=O) groups excluding carboxylic acids is 1. The molecule has 8 heteroatoms. The molecule has 0 aliphatic carbocycles. The van der Waals surface area contributed by atoms with Crippen LogP contribution in [0.5, 0.6) is 0 Å². The second-order valence-corrected chi connectivity index (χ2v) is 9.08. The van der Waals surface area contributed by atoms with Crippen LogP contribution in [0.25, 0.3) is 0 Å². The maximum Gasteiger partial charge on any atom is 0.264 e. The van der Waals surface area contributed by atoms with E-state index in [0.717, 1.165) is 27.6 Å². The van der Waals surface area contributed by atoms with E-state index in [2.05, 4.69) is 5.32 Å². The molecule has 0 radical (unpaired) electrons. The Balaban J connectivity index is 1.93. The average Bonchev–Trinajstić information content (AvgIpc) is 2.70. The summed E-state index contributed by atoms with van der Waals surface area (Å²) >= 11 is 6.09. The van der Waals surface area contributed by atoms with Crippen LogP contribution in [0.2, 0.25) is 5.02 Å². The summed E-state index contributed by atoms with van der Waals surface area (Å²) in [6.07, 6.45) is 0. The molecule has 3 aromatic rings. The molecule has 0 aromatic heterocycles. The number of benzene rings is 3. The first kappa shape index (κ1) is 21.8. The van der Waals surface area contributed by atoms with Gasteiger partial charge >= 0.3 is 0 Å². The molecule has 0 aliphatic heterocycles. The highest BCUT2D eigenvalue weighted by Gasteiger charge is 2.27. The molecule has 0 fully saturated rings. The predicted molar refractivity (Wildman–Crippen MR) is 117 cm³/mol. The highest BCUT2D eigenvalue weighted by molar-refractivity contribution is 7.92. The number of hydrogen-bond acceptors (Lipinski definition) is 3. The number of halogens is 2. The van der Waals surface area contributed by atoms with Gasteiger partial charge in [0.1, 0.15) is 12.4 Å². The number of anilines is 2. The minimum absolute atomic E-state index is 0.0311. The van der Waals surface area contributed by atoms with Crippen molar-refractivity contribution in [2.24, 2.45) is 0 Å². The van der Waals surface area contributed by atoms with E-state index in [9.17, 15) is 17.6 Å². The van der Waals surface area contributed by atoms with E-state index in [0.29, 0.717) is 10.7 Å². The van der Waals surface area contributed by atoms with E-state index in [-0.39, 0.29) is 10.6 Å². The van der Waals surface area contributed by atoms with Gasteiger partial charge in [-0.1, -0.05) is 35.4 Å². The van der Waals surface area contributed by atoms with Crippen molar-refractivity contribution >= 4 is 38.9 Å². The minimum Gasteiger partial charge on any atom is -0.324 e. The van der Waals surface area contributed by atoms with Crippen molar-refractivity contribution in [1.29, 1.82) is 0 Å². The highest BCUT2D eigenvalue weighted by Crippen LogP contribution is 2.25. The second kappa shape index (κ2) is 8.85. The molecule has 3 aromatic carbocycles. The lowest BCUT2D eigenvalue weighted by Crippen LogP contribution is -2.38. The van der Waals surface area contributed by atoms with Crippen LogP contribution in [-0.4, -0.2) is 20.9 Å². The normalized spacial score (nSPS) is 11.2. The molecule has 156 valence electrons. The lowest BCUT2D eigenvalue weighted by molar-refractivity contribution is -0.114. The first-order valence-electron chi connectivity index (χ1n) is 9.08. The van der Waals surface area contributed by atoms with Crippen LogP contribution in [-0.2, 0) is 14.8 Å². The first-order chi connectivity index (χ1) is 14.2. The number of amides is 1. The van der Waals surface area contributed by atoms with E-state index in [1.165, 1.54) is 24.3 Å². The molecule has 0 saturated heterocycles. The number of nitrogens with zero attached hydrogens (tertiary/aromatic N) is 1. The summed E-state index contributed by atoms with van der Waals surface area (Å²) in [6, 6.07) is 16.2. The number of carbonyl (C=O) groups is 1. The van der Waals surface area contributed by atoms with Crippen LogP contribution in [0.1, 0.15) is 11.1 Å². The van der Waals surface area contributed by atoms with Crippen LogP contribution in [0.15, 0.2) is 71.6 Å². The Morgan fingerprint density at radius 1 is 1.00 bits per heavy atom. The Labute approximate surface area is 180 Å². The number of aryl methyl sites for hydroxylation is 2. The summed E-state index contributed by atoms with van der Waals surface area (Å²) in [4.78, 5) is 12.7. The molecule has 0 bridgehead atoms. The molecule has 0 heterocycles. The second-order valence-electron chi connectivity index (χ2n) is 6.81. The molecular weight excluding hydrogens is 427 g/mol. The van der Waals surface area contributed by atoms with E-state index in [1.807, 2.05) is 13.8 Å². The maximum absolute atomic E-state index is 13.4. The fourth-order valence-corrected chi connectivity index (χ4v) is 4.36. The van der Waals surface area contributed by atoms with Gasteiger partial charge in [0.25, 0.3) is 10.0 Å². The molecular formula is C22H20ClFN2O3S. The van der Waals surface area contributed by atoms with Crippen LogP contribution >= 0.6 is 11.6 Å². The first-order valence-corrected chi connectivity index (χ1v) is 10.9. The molecule has 1 amide bonds. The lowest BCUT2D eigenvalue weighted by Gasteiger charge is -2.24. The van der Waals surface area contributed by atoms with Gasteiger partial charge in [-0.05, 0) is 67.9 Å². The summed E-state index contributed by atoms with van der Waals surface area (Å²) in [5.74, 6) is -1.07. The topological polar surface area (TPSA) is 66.5 Å². The number of nitrogens with one attached hydrogen (secondary N) is 1. The fourth-order valence-electron chi connectivity index (χ4n) is 2.76. The summed E-state index contributed by atoms with van der Waals surface area (Å²) in [5, 5.41) is 3.13. The Kier molecular flexibility index (Phi) is 6.43. The monoisotopic (exact) mass is 446 g/mol. The van der Waals surface area contributed by atoms with Crippen molar-refractivity contribution < 1.29 is 17.6 Å². The third-order valence-electron chi connectivity index (χ3n) is 4.47. The van der Waals surface area contributed by atoms with Crippen molar-refractivity contribution in [3.05, 3.63) is 88.7 Å². The van der Waals surface area contributed by atoms with Gasteiger partial charge in [-0.25, -0.2) is 12.8 Å². The van der Waals surface area contributed by atoms with Gasteiger partial charge < -0.3 is 5.32 Å². The Bertz CT molecular complexity index is 1160. The standard InChI is InChI=1S/C22H20ClFN2O3S/c1-15-3-11-20(12-4-15)30(28,29)26(19-9-6-17(24)7-10-19)14-22(27)25-18-8-5-16(2)21(23)13-18/h3-13H,14H2,1-2H3,(H,25,27). The van der Waals surface area contributed by atoms with Gasteiger partial charge in [-0.3, -0.25) is 9.10 Å². The van der Waals surface area contributed by atoms with E-state index in [1.54, 1.807) is 30.3 Å². The Hall–Kier alpha value is -2.90. The number of rotatable bonds is 6. The third kappa shape index (κ3) is 4.98. The van der Waals surface area contributed by atoms with Crippen molar-refractivity contribution in [1.82, 2.24) is 0 Å². The summed E-state index contributed by atoms with van der Waals surface area (Å²) in [7, 11) is -4.06. The van der Waals surface area contributed by atoms with Gasteiger partial charge in [0, 0.05) is 10.7 Å². The molecule has 0 aliphatic rings. The molecule has 5 nitrogen and oxygen atoms in total. The maximum atomic E-state index is 13.4. The van der Waals surface area contributed by atoms with Crippen LogP contribution in [0.3, 0.4) is 0 Å². The van der Waals surface area contributed by atoms with Crippen molar-refractivity contribution in [3.63, 3.8) is 0 Å². The van der Waals surface area contributed by atoms with E-state index < -0.39 is 28.3 Å². The summed E-state index contributed by atoms with van der Waals surface area (Å²) < 4.78 is 40.8. The van der Waals surface area contributed by atoms with Crippen molar-refractivity contribution in [2.75, 3.05) is 16.2 Å². The van der Waals surface area contributed by atoms with E-state index in [4.69, 9.17) is 11.6 Å². The third-order valence-corrected chi connectivity index (χ3v) is 6.66. The highest BCUT2D eigenvalue weighted by atomic mass is 35.5. The minimum atomic E-state index is -4.06. The zero-order valence-corrected chi connectivity index (χ0v) is 18.0. The van der Waals surface area contributed by atoms with Crippen molar-refractivity contribution in [2.45, 2.75) is 18.7 Å². The van der Waals surface area contributed by atoms with Gasteiger partial charge in [0.2, 0.25) is 5.91 Å². The molecule has 0 spiro atoms.